The second kappa shape index (κ2) is 4.27. The molecule has 0 fully saturated rings. The third-order valence-electron chi connectivity index (χ3n) is 2.33. The molecule has 0 bridgehead atoms. The molecule has 2 rings (SSSR count). The summed E-state index contributed by atoms with van der Waals surface area (Å²) in [6, 6.07) is 11.5. The van der Waals surface area contributed by atoms with Gasteiger partial charge < -0.3 is 0 Å². The van der Waals surface area contributed by atoms with Crippen LogP contribution in [0.1, 0.15) is 0 Å². The van der Waals surface area contributed by atoms with Gasteiger partial charge in [0.15, 0.2) is 0 Å². The Morgan fingerprint density at radius 2 is 1.24 bits per heavy atom. The van der Waals surface area contributed by atoms with E-state index in [0.29, 0.717) is 0 Å². The van der Waals surface area contributed by atoms with Crippen molar-refractivity contribution in [3.8, 4) is 11.1 Å². The maximum absolute atomic E-state index is 12.7. The molecule has 2 aromatic carbocycles. The Balaban J connectivity index is 2.39. The molecule has 0 aliphatic rings. The van der Waals surface area contributed by atoms with Crippen LogP contribution in [0.5, 0.6) is 0 Å². The molecule has 0 unspecified atom stereocenters. The Labute approximate surface area is 98.3 Å². The lowest BCUT2D eigenvalue weighted by Crippen LogP contribution is -1.97. The molecular weight excluding hydrogens is 243 g/mol. The first-order valence-electron chi connectivity index (χ1n) is 4.80. The Kier molecular flexibility index (Phi) is 2.95. The van der Waals surface area contributed by atoms with E-state index in [4.69, 9.17) is 4.55 Å². The number of hydrogen-bond donors (Lipinski definition) is 1. The van der Waals surface area contributed by atoms with E-state index in [1.807, 2.05) is 0 Å². The summed E-state index contributed by atoms with van der Waals surface area (Å²) in [5.41, 5.74) is 1.52. The number of rotatable bonds is 2. The summed E-state index contributed by atoms with van der Waals surface area (Å²) < 4.78 is 43.2. The van der Waals surface area contributed by atoms with Gasteiger partial charge in [0.25, 0.3) is 10.1 Å². The van der Waals surface area contributed by atoms with Gasteiger partial charge in [0.05, 0.1) is 4.90 Å². The Morgan fingerprint density at radius 1 is 0.824 bits per heavy atom. The predicted molar refractivity (Wildman–Crippen MR) is 61.7 cm³/mol. The zero-order valence-electron chi connectivity index (χ0n) is 8.67. The minimum absolute atomic E-state index is 0.164. The van der Waals surface area contributed by atoms with Gasteiger partial charge in [-0.1, -0.05) is 24.3 Å². The molecule has 17 heavy (non-hydrogen) atoms. The van der Waals surface area contributed by atoms with Crippen LogP contribution in [0.25, 0.3) is 11.1 Å². The molecule has 1 N–H and O–H groups in total. The quantitative estimate of drug-likeness (QED) is 0.836. The number of benzene rings is 2. The van der Waals surface area contributed by atoms with Crippen molar-refractivity contribution in [1.29, 1.82) is 0 Å². The van der Waals surface area contributed by atoms with Crippen LogP contribution < -0.4 is 0 Å². The van der Waals surface area contributed by atoms with Crippen molar-refractivity contribution in [1.82, 2.24) is 0 Å². The SMILES string of the molecule is O=S(=O)(O)c1ccc(-c2ccc(F)cc2)cc1. The fourth-order valence-electron chi connectivity index (χ4n) is 1.46. The molecule has 88 valence electrons. The summed E-state index contributed by atoms with van der Waals surface area (Å²) in [4.78, 5) is -0.164. The first-order valence-corrected chi connectivity index (χ1v) is 6.24. The standard InChI is InChI=1S/C12H9FO3S/c13-11-5-1-9(2-6-11)10-3-7-12(8-4-10)17(14,15)16/h1-8H,(H,14,15,16). The van der Waals surface area contributed by atoms with Gasteiger partial charge in [-0.05, 0) is 35.4 Å². The van der Waals surface area contributed by atoms with Crippen LogP contribution in [0.3, 0.4) is 0 Å². The molecule has 0 saturated carbocycles. The summed E-state index contributed by atoms with van der Waals surface area (Å²) in [6.45, 7) is 0. The Hall–Kier alpha value is -1.72. The van der Waals surface area contributed by atoms with Crippen molar-refractivity contribution in [3.05, 3.63) is 54.3 Å². The largest absolute Gasteiger partial charge is 0.294 e. The first kappa shape index (κ1) is 11.8. The topological polar surface area (TPSA) is 54.4 Å². The smallest absolute Gasteiger partial charge is 0.282 e. The van der Waals surface area contributed by atoms with Gasteiger partial charge in [0, 0.05) is 0 Å². The van der Waals surface area contributed by atoms with Gasteiger partial charge in [-0.2, -0.15) is 8.42 Å². The van der Waals surface area contributed by atoms with E-state index in [1.165, 1.54) is 24.3 Å². The molecule has 0 heterocycles. The number of hydrogen-bond acceptors (Lipinski definition) is 2. The Bertz CT molecular complexity index is 616. The number of halogens is 1. The summed E-state index contributed by atoms with van der Waals surface area (Å²) in [6.07, 6.45) is 0. The molecule has 2 aromatic rings. The van der Waals surface area contributed by atoms with E-state index < -0.39 is 10.1 Å². The van der Waals surface area contributed by atoms with Crippen LogP contribution >= 0.6 is 0 Å². The fraction of sp³-hybridized carbons (Fsp3) is 0. The maximum atomic E-state index is 12.7. The molecule has 0 aromatic heterocycles. The van der Waals surface area contributed by atoms with Gasteiger partial charge in [-0.3, -0.25) is 4.55 Å². The lowest BCUT2D eigenvalue weighted by molar-refractivity contribution is 0.483. The molecule has 0 amide bonds. The summed E-state index contributed by atoms with van der Waals surface area (Å²) in [5.74, 6) is -0.330. The van der Waals surface area contributed by atoms with Crippen molar-refractivity contribution in [3.63, 3.8) is 0 Å². The molecular formula is C12H9FO3S. The average molecular weight is 252 g/mol. The van der Waals surface area contributed by atoms with Crippen molar-refractivity contribution < 1.29 is 17.4 Å². The third-order valence-corrected chi connectivity index (χ3v) is 3.20. The van der Waals surface area contributed by atoms with E-state index in [9.17, 15) is 12.8 Å². The van der Waals surface area contributed by atoms with E-state index in [2.05, 4.69) is 0 Å². The van der Waals surface area contributed by atoms with E-state index in [-0.39, 0.29) is 10.7 Å². The van der Waals surface area contributed by atoms with Gasteiger partial charge >= 0.3 is 0 Å². The van der Waals surface area contributed by atoms with Gasteiger partial charge in [0.1, 0.15) is 5.82 Å². The first-order chi connectivity index (χ1) is 7.97. The van der Waals surface area contributed by atoms with Crippen LogP contribution in [0, 0.1) is 5.82 Å². The molecule has 5 heteroatoms. The molecule has 0 atom stereocenters. The van der Waals surface area contributed by atoms with Crippen LogP contribution in [0.15, 0.2) is 53.4 Å². The highest BCUT2D eigenvalue weighted by Crippen LogP contribution is 2.21. The van der Waals surface area contributed by atoms with Gasteiger partial charge in [-0.25, -0.2) is 4.39 Å². The molecule has 0 saturated heterocycles. The highest BCUT2D eigenvalue weighted by atomic mass is 32.2. The van der Waals surface area contributed by atoms with E-state index in [0.717, 1.165) is 11.1 Å². The monoisotopic (exact) mass is 252 g/mol. The van der Waals surface area contributed by atoms with Crippen LogP contribution in [-0.4, -0.2) is 13.0 Å². The lowest BCUT2D eigenvalue weighted by Gasteiger charge is -2.02. The summed E-state index contributed by atoms with van der Waals surface area (Å²) in [5, 5.41) is 0. The molecule has 0 aliphatic carbocycles. The van der Waals surface area contributed by atoms with E-state index in [1.54, 1.807) is 24.3 Å². The normalized spacial score (nSPS) is 11.4. The van der Waals surface area contributed by atoms with Crippen molar-refractivity contribution in [2.45, 2.75) is 4.90 Å². The zero-order valence-corrected chi connectivity index (χ0v) is 9.49. The third kappa shape index (κ3) is 2.69. The van der Waals surface area contributed by atoms with Crippen molar-refractivity contribution in [2.24, 2.45) is 0 Å². The molecule has 0 radical (unpaired) electrons. The zero-order chi connectivity index (χ0) is 12.5. The van der Waals surface area contributed by atoms with Crippen molar-refractivity contribution in [2.75, 3.05) is 0 Å². The minimum atomic E-state index is -4.17. The second-order valence-corrected chi connectivity index (χ2v) is 4.93. The summed E-state index contributed by atoms with van der Waals surface area (Å²) >= 11 is 0. The second-order valence-electron chi connectivity index (χ2n) is 3.51. The van der Waals surface area contributed by atoms with Crippen LogP contribution in [0.4, 0.5) is 4.39 Å². The van der Waals surface area contributed by atoms with Crippen LogP contribution in [-0.2, 0) is 10.1 Å². The van der Waals surface area contributed by atoms with Crippen LogP contribution in [0.2, 0.25) is 0 Å². The van der Waals surface area contributed by atoms with Gasteiger partial charge in [-0.15, -0.1) is 0 Å². The summed E-state index contributed by atoms with van der Waals surface area (Å²) in [7, 11) is -4.17. The highest BCUT2D eigenvalue weighted by molar-refractivity contribution is 7.85. The molecule has 0 aliphatic heterocycles. The van der Waals surface area contributed by atoms with E-state index >= 15 is 0 Å². The average Bonchev–Trinajstić information content (AvgIpc) is 2.29. The van der Waals surface area contributed by atoms with Crippen molar-refractivity contribution >= 4 is 10.1 Å². The molecule has 0 spiro atoms. The highest BCUT2D eigenvalue weighted by Gasteiger charge is 2.08. The molecule has 3 nitrogen and oxygen atoms in total. The fourth-order valence-corrected chi connectivity index (χ4v) is 1.94. The van der Waals surface area contributed by atoms with Gasteiger partial charge in [0.2, 0.25) is 0 Å². The Morgan fingerprint density at radius 3 is 1.65 bits per heavy atom. The minimum Gasteiger partial charge on any atom is -0.282 e. The maximum Gasteiger partial charge on any atom is 0.294 e. The lowest BCUT2D eigenvalue weighted by atomic mass is 10.1. The predicted octanol–water partition coefficient (Wildman–Crippen LogP) is 2.74.